The normalized spacial score (nSPS) is 21.9. The third-order valence-electron chi connectivity index (χ3n) is 3.46. The van der Waals surface area contributed by atoms with Crippen molar-refractivity contribution >= 4 is 0 Å². The summed E-state index contributed by atoms with van der Waals surface area (Å²) in [6, 6.07) is -2.33. The van der Waals surface area contributed by atoms with Gasteiger partial charge in [-0.05, 0) is 32.2 Å². The molecule has 2 N–H and O–H groups in total. The van der Waals surface area contributed by atoms with Gasteiger partial charge in [-0.2, -0.15) is 13.2 Å². The van der Waals surface area contributed by atoms with Crippen LogP contribution in [0.5, 0.6) is 0 Å². The quantitative estimate of drug-likeness (QED) is 0.796. The molecule has 1 saturated carbocycles. The van der Waals surface area contributed by atoms with Crippen LogP contribution in [-0.2, 0) is 0 Å². The van der Waals surface area contributed by atoms with E-state index in [1.807, 2.05) is 0 Å². The second-order valence-corrected chi connectivity index (χ2v) is 4.80. The summed E-state index contributed by atoms with van der Waals surface area (Å²) in [6.45, 7) is 2.21. The zero-order valence-corrected chi connectivity index (χ0v) is 9.93. The smallest absolute Gasteiger partial charge is 0.326 e. The minimum Gasteiger partial charge on any atom is -0.326 e. The van der Waals surface area contributed by atoms with E-state index in [0.717, 1.165) is 19.3 Å². The van der Waals surface area contributed by atoms with Gasteiger partial charge in [0, 0.05) is 12.6 Å². The van der Waals surface area contributed by atoms with Gasteiger partial charge in [0.2, 0.25) is 0 Å². The standard InChI is InChI=1S/C11H21F3N2/c1-3-9(15)10(11(12,13)14)16(2)7-8-5-4-6-8/h8-10H,3-7,15H2,1-2H3. The molecule has 1 aliphatic rings. The maximum Gasteiger partial charge on any atom is 0.405 e. The summed E-state index contributed by atoms with van der Waals surface area (Å²) < 4.78 is 38.6. The monoisotopic (exact) mass is 238 g/mol. The molecule has 2 nitrogen and oxygen atoms in total. The van der Waals surface area contributed by atoms with Crippen molar-refractivity contribution in [3.8, 4) is 0 Å². The van der Waals surface area contributed by atoms with Gasteiger partial charge in [-0.15, -0.1) is 0 Å². The number of likely N-dealkylation sites (N-methyl/N-ethyl adjacent to an activating group) is 1. The van der Waals surface area contributed by atoms with Crippen molar-refractivity contribution in [1.82, 2.24) is 4.90 Å². The number of hydrogen-bond donors (Lipinski definition) is 1. The van der Waals surface area contributed by atoms with Crippen LogP contribution in [0.1, 0.15) is 32.6 Å². The summed E-state index contributed by atoms with van der Waals surface area (Å²) in [7, 11) is 1.53. The molecular weight excluding hydrogens is 217 g/mol. The molecule has 2 atom stereocenters. The predicted octanol–water partition coefficient (Wildman–Crippen LogP) is 2.39. The fraction of sp³-hybridized carbons (Fsp3) is 1.00. The van der Waals surface area contributed by atoms with Gasteiger partial charge in [0.25, 0.3) is 0 Å². The van der Waals surface area contributed by atoms with Crippen LogP contribution in [0.2, 0.25) is 0 Å². The van der Waals surface area contributed by atoms with Crippen molar-refractivity contribution < 1.29 is 13.2 Å². The molecule has 0 heterocycles. The first-order valence-corrected chi connectivity index (χ1v) is 5.88. The van der Waals surface area contributed by atoms with Gasteiger partial charge in [-0.1, -0.05) is 13.3 Å². The van der Waals surface area contributed by atoms with Crippen LogP contribution in [0, 0.1) is 5.92 Å². The molecule has 0 aromatic heterocycles. The second kappa shape index (κ2) is 5.36. The van der Waals surface area contributed by atoms with Crippen molar-refractivity contribution in [3.63, 3.8) is 0 Å². The molecule has 0 aromatic rings. The molecule has 0 aliphatic heterocycles. The first-order valence-electron chi connectivity index (χ1n) is 5.88. The van der Waals surface area contributed by atoms with Gasteiger partial charge in [0.15, 0.2) is 0 Å². The summed E-state index contributed by atoms with van der Waals surface area (Å²) >= 11 is 0. The molecule has 0 amide bonds. The van der Waals surface area contributed by atoms with Crippen molar-refractivity contribution in [2.24, 2.45) is 11.7 Å². The third-order valence-corrected chi connectivity index (χ3v) is 3.46. The molecular formula is C11H21F3N2. The lowest BCUT2D eigenvalue weighted by molar-refractivity contribution is -0.188. The fourth-order valence-electron chi connectivity index (χ4n) is 2.24. The fourth-order valence-corrected chi connectivity index (χ4v) is 2.24. The summed E-state index contributed by atoms with van der Waals surface area (Å²) in [5, 5.41) is 0. The summed E-state index contributed by atoms with van der Waals surface area (Å²) in [5.74, 6) is 0.430. The van der Waals surface area contributed by atoms with Gasteiger partial charge in [-0.25, -0.2) is 0 Å². The van der Waals surface area contributed by atoms with Gasteiger partial charge in [-0.3, -0.25) is 4.90 Å². The van der Waals surface area contributed by atoms with Crippen LogP contribution in [0.25, 0.3) is 0 Å². The number of rotatable bonds is 5. The lowest BCUT2D eigenvalue weighted by Crippen LogP contribution is -2.55. The van der Waals surface area contributed by atoms with E-state index in [9.17, 15) is 13.2 Å². The summed E-state index contributed by atoms with van der Waals surface area (Å²) in [6.07, 6.45) is -0.630. The van der Waals surface area contributed by atoms with E-state index in [1.165, 1.54) is 11.9 Å². The zero-order chi connectivity index (χ0) is 12.3. The Balaban J connectivity index is 2.59. The largest absolute Gasteiger partial charge is 0.405 e. The molecule has 1 rings (SSSR count). The van der Waals surface area contributed by atoms with Crippen LogP contribution in [0.4, 0.5) is 13.2 Å². The van der Waals surface area contributed by atoms with E-state index in [4.69, 9.17) is 5.73 Å². The molecule has 1 aliphatic carbocycles. The maximum absolute atomic E-state index is 12.9. The number of halogens is 3. The highest BCUT2D eigenvalue weighted by atomic mass is 19.4. The average molecular weight is 238 g/mol. The van der Waals surface area contributed by atoms with Gasteiger partial charge < -0.3 is 5.73 Å². The Morgan fingerprint density at radius 1 is 1.38 bits per heavy atom. The SMILES string of the molecule is CCC(N)C(N(C)CC1CCC1)C(F)(F)F. The lowest BCUT2D eigenvalue weighted by atomic mass is 9.84. The van der Waals surface area contributed by atoms with Crippen LogP contribution in [0.15, 0.2) is 0 Å². The maximum atomic E-state index is 12.9. The van der Waals surface area contributed by atoms with Crippen LogP contribution < -0.4 is 5.73 Å². The van der Waals surface area contributed by atoms with E-state index in [-0.39, 0.29) is 0 Å². The van der Waals surface area contributed by atoms with Gasteiger partial charge in [0.05, 0.1) is 0 Å². The molecule has 0 aromatic carbocycles. The Morgan fingerprint density at radius 3 is 2.25 bits per heavy atom. The molecule has 16 heavy (non-hydrogen) atoms. The molecule has 0 bridgehead atoms. The number of nitrogens with two attached hydrogens (primary N) is 1. The van der Waals surface area contributed by atoms with E-state index in [1.54, 1.807) is 6.92 Å². The zero-order valence-electron chi connectivity index (χ0n) is 9.93. The Hall–Kier alpha value is -0.290. The first-order chi connectivity index (χ1) is 7.36. The molecule has 1 fully saturated rings. The Kier molecular flexibility index (Phi) is 4.62. The van der Waals surface area contributed by atoms with Crippen LogP contribution in [0.3, 0.4) is 0 Å². The predicted molar refractivity (Wildman–Crippen MR) is 58.1 cm³/mol. The Morgan fingerprint density at radius 2 is 1.94 bits per heavy atom. The van der Waals surface area contributed by atoms with Crippen molar-refractivity contribution in [3.05, 3.63) is 0 Å². The van der Waals surface area contributed by atoms with Crippen LogP contribution >= 0.6 is 0 Å². The van der Waals surface area contributed by atoms with Gasteiger partial charge >= 0.3 is 6.18 Å². The topological polar surface area (TPSA) is 29.3 Å². The second-order valence-electron chi connectivity index (χ2n) is 4.80. The van der Waals surface area contributed by atoms with E-state index < -0.39 is 18.3 Å². The number of hydrogen-bond acceptors (Lipinski definition) is 2. The van der Waals surface area contributed by atoms with E-state index >= 15 is 0 Å². The molecule has 0 saturated heterocycles. The first kappa shape index (κ1) is 13.8. The molecule has 2 unspecified atom stereocenters. The van der Waals surface area contributed by atoms with Gasteiger partial charge in [0.1, 0.15) is 6.04 Å². The average Bonchev–Trinajstić information content (AvgIpc) is 2.09. The lowest BCUT2D eigenvalue weighted by Gasteiger charge is -2.38. The van der Waals surface area contributed by atoms with Crippen LogP contribution in [-0.4, -0.2) is 36.8 Å². The number of nitrogens with zero attached hydrogens (tertiary/aromatic N) is 1. The highest BCUT2D eigenvalue weighted by molar-refractivity contribution is 4.87. The van der Waals surface area contributed by atoms with Crippen molar-refractivity contribution in [2.75, 3.05) is 13.6 Å². The van der Waals surface area contributed by atoms with Crippen molar-refractivity contribution in [1.29, 1.82) is 0 Å². The third kappa shape index (κ3) is 3.35. The summed E-state index contributed by atoms with van der Waals surface area (Å²) in [4.78, 5) is 1.39. The molecule has 5 heteroatoms. The minimum atomic E-state index is -4.23. The number of alkyl halides is 3. The van der Waals surface area contributed by atoms with E-state index in [0.29, 0.717) is 18.9 Å². The Bertz CT molecular complexity index is 214. The van der Waals surface area contributed by atoms with E-state index in [2.05, 4.69) is 0 Å². The highest BCUT2D eigenvalue weighted by Gasteiger charge is 2.45. The molecule has 0 radical (unpaired) electrons. The van der Waals surface area contributed by atoms with Crippen molar-refractivity contribution in [2.45, 2.75) is 50.9 Å². The Labute approximate surface area is 95.0 Å². The molecule has 0 spiro atoms. The minimum absolute atomic E-state index is 0.346. The summed E-state index contributed by atoms with van der Waals surface area (Å²) in [5.41, 5.74) is 5.58. The molecule has 96 valence electrons. The highest BCUT2D eigenvalue weighted by Crippen LogP contribution is 2.31.